The van der Waals surface area contributed by atoms with Crippen molar-refractivity contribution in [1.82, 2.24) is 15.1 Å². The normalized spacial score (nSPS) is 19.4. The van der Waals surface area contributed by atoms with Gasteiger partial charge in [-0.15, -0.1) is 0 Å². The van der Waals surface area contributed by atoms with Crippen LogP contribution in [0.1, 0.15) is 31.2 Å². The van der Waals surface area contributed by atoms with Crippen LogP contribution in [0.25, 0.3) is 0 Å². The summed E-state index contributed by atoms with van der Waals surface area (Å²) < 4.78 is 19.0. The summed E-state index contributed by atoms with van der Waals surface area (Å²) >= 11 is 0. The van der Waals surface area contributed by atoms with Gasteiger partial charge in [0, 0.05) is 44.5 Å². The molecule has 2 heterocycles. The van der Waals surface area contributed by atoms with E-state index in [4.69, 9.17) is 10.5 Å². The number of benzene rings is 1. The molecule has 8 heteroatoms. The lowest BCUT2D eigenvalue weighted by Crippen LogP contribution is -2.49. The number of carbonyl (C=O) groups excluding carboxylic acids is 2. The standard InChI is InChI=1S/C20H25FN4O3/c21-16-4-6-17(7-5-16)28-18-8-9-25(13-15(18)10-19(22)26)20(27)3-1-2-14-11-23-24-12-14/h4-7,11-12,15,18H,1-3,8-10,13H2,(H2,22,26)(H,23,24)/t15-,18-/m0/s1. The molecule has 1 saturated heterocycles. The fourth-order valence-electron chi connectivity index (χ4n) is 3.55. The average molecular weight is 388 g/mol. The van der Waals surface area contributed by atoms with Crippen molar-refractivity contribution in [3.8, 4) is 5.75 Å². The molecule has 0 bridgehead atoms. The number of aromatic amines is 1. The molecular weight excluding hydrogens is 363 g/mol. The monoisotopic (exact) mass is 388 g/mol. The lowest BCUT2D eigenvalue weighted by molar-refractivity contribution is -0.136. The SMILES string of the molecule is NC(=O)C[C@H]1CN(C(=O)CCCc2cn[nH]c2)CC[C@@H]1Oc1ccc(F)cc1. The number of carbonyl (C=O) groups is 2. The van der Waals surface area contributed by atoms with E-state index in [1.807, 2.05) is 6.20 Å². The molecule has 0 aliphatic carbocycles. The summed E-state index contributed by atoms with van der Waals surface area (Å²) in [6, 6.07) is 5.78. The quantitative estimate of drug-likeness (QED) is 0.722. The summed E-state index contributed by atoms with van der Waals surface area (Å²) in [4.78, 5) is 25.8. The molecule has 2 aromatic rings. The van der Waals surface area contributed by atoms with Crippen LogP contribution < -0.4 is 10.5 Å². The van der Waals surface area contributed by atoms with Crippen molar-refractivity contribution in [1.29, 1.82) is 0 Å². The molecule has 1 aliphatic heterocycles. The molecule has 0 spiro atoms. The number of nitrogens with two attached hydrogens (primary N) is 1. The second-order valence-electron chi connectivity index (χ2n) is 7.13. The summed E-state index contributed by atoms with van der Waals surface area (Å²) in [6.45, 7) is 0.991. The van der Waals surface area contributed by atoms with Crippen LogP contribution >= 0.6 is 0 Å². The van der Waals surface area contributed by atoms with E-state index in [-0.39, 0.29) is 30.2 Å². The number of aryl methyl sites for hydroxylation is 1. The average Bonchev–Trinajstić information content (AvgIpc) is 3.18. The van der Waals surface area contributed by atoms with Gasteiger partial charge in [-0.05, 0) is 42.7 Å². The van der Waals surface area contributed by atoms with Crippen LogP contribution in [0.15, 0.2) is 36.7 Å². The van der Waals surface area contributed by atoms with E-state index in [1.54, 1.807) is 23.2 Å². The molecule has 1 fully saturated rings. The highest BCUT2D eigenvalue weighted by Gasteiger charge is 2.33. The first-order chi connectivity index (χ1) is 13.5. The van der Waals surface area contributed by atoms with E-state index in [0.29, 0.717) is 31.7 Å². The van der Waals surface area contributed by atoms with E-state index in [0.717, 1.165) is 18.4 Å². The molecule has 1 aromatic carbocycles. The summed E-state index contributed by atoms with van der Waals surface area (Å²) in [7, 11) is 0. The second-order valence-corrected chi connectivity index (χ2v) is 7.13. The Bertz CT molecular complexity index is 779. The van der Waals surface area contributed by atoms with Gasteiger partial charge in [0.1, 0.15) is 17.7 Å². The summed E-state index contributed by atoms with van der Waals surface area (Å²) in [5.74, 6) is -0.336. The Balaban J connectivity index is 1.55. The van der Waals surface area contributed by atoms with Crippen molar-refractivity contribution in [2.24, 2.45) is 11.7 Å². The van der Waals surface area contributed by atoms with E-state index >= 15 is 0 Å². The number of nitrogens with one attached hydrogen (secondary N) is 1. The van der Waals surface area contributed by atoms with Crippen LogP contribution in [-0.4, -0.2) is 46.1 Å². The number of aromatic nitrogens is 2. The van der Waals surface area contributed by atoms with Gasteiger partial charge in [0.25, 0.3) is 0 Å². The van der Waals surface area contributed by atoms with E-state index in [1.165, 1.54) is 12.1 Å². The van der Waals surface area contributed by atoms with Gasteiger partial charge in [0.05, 0.1) is 6.20 Å². The molecule has 150 valence electrons. The third-order valence-electron chi connectivity index (χ3n) is 4.99. The minimum atomic E-state index is -0.424. The van der Waals surface area contributed by atoms with Crippen LogP contribution in [0.3, 0.4) is 0 Å². The zero-order chi connectivity index (χ0) is 19.9. The number of rotatable bonds is 8. The van der Waals surface area contributed by atoms with Crippen molar-refractivity contribution >= 4 is 11.8 Å². The maximum absolute atomic E-state index is 13.1. The molecule has 0 unspecified atom stereocenters. The molecule has 3 N–H and O–H groups in total. The molecule has 3 rings (SSSR count). The minimum absolute atomic E-state index is 0.0678. The summed E-state index contributed by atoms with van der Waals surface area (Å²) in [6.07, 6.45) is 6.05. The maximum Gasteiger partial charge on any atom is 0.222 e. The van der Waals surface area contributed by atoms with Crippen LogP contribution in [-0.2, 0) is 16.0 Å². The number of likely N-dealkylation sites (tertiary alicyclic amines) is 1. The fourth-order valence-corrected chi connectivity index (χ4v) is 3.55. The highest BCUT2D eigenvalue weighted by atomic mass is 19.1. The zero-order valence-corrected chi connectivity index (χ0v) is 15.6. The fraction of sp³-hybridized carbons (Fsp3) is 0.450. The van der Waals surface area contributed by atoms with Crippen molar-refractivity contribution in [3.05, 3.63) is 48.0 Å². The van der Waals surface area contributed by atoms with Crippen LogP contribution in [0.2, 0.25) is 0 Å². The third kappa shape index (κ3) is 5.55. The number of ether oxygens (including phenoxy) is 1. The summed E-state index contributed by atoms with van der Waals surface area (Å²) in [5, 5.41) is 6.66. The largest absolute Gasteiger partial charge is 0.490 e. The van der Waals surface area contributed by atoms with Crippen LogP contribution in [0, 0.1) is 11.7 Å². The molecule has 2 amide bonds. The Hall–Kier alpha value is -2.90. The van der Waals surface area contributed by atoms with E-state index in [2.05, 4.69) is 10.2 Å². The predicted octanol–water partition coefficient (Wildman–Crippen LogP) is 2.04. The molecule has 0 radical (unpaired) electrons. The number of hydrogen-bond acceptors (Lipinski definition) is 4. The third-order valence-corrected chi connectivity index (χ3v) is 4.99. The van der Waals surface area contributed by atoms with Gasteiger partial charge in [-0.1, -0.05) is 0 Å². The van der Waals surface area contributed by atoms with Crippen molar-refractivity contribution < 1.29 is 18.7 Å². The minimum Gasteiger partial charge on any atom is -0.490 e. The number of halogens is 1. The number of H-pyrrole nitrogens is 1. The van der Waals surface area contributed by atoms with Gasteiger partial charge in [0.15, 0.2) is 0 Å². The molecular formula is C20H25FN4O3. The highest BCUT2D eigenvalue weighted by Crippen LogP contribution is 2.26. The molecule has 7 nitrogen and oxygen atoms in total. The first kappa shape index (κ1) is 19.9. The van der Waals surface area contributed by atoms with Gasteiger partial charge >= 0.3 is 0 Å². The number of piperidine rings is 1. The topological polar surface area (TPSA) is 101 Å². The van der Waals surface area contributed by atoms with Crippen molar-refractivity contribution in [2.45, 2.75) is 38.2 Å². The molecule has 1 aliphatic rings. The Morgan fingerprint density at radius 1 is 1.32 bits per heavy atom. The first-order valence-corrected chi connectivity index (χ1v) is 9.47. The maximum atomic E-state index is 13.1. The van der Waals surface area contributed by atoms with Gasteiger partial charge < -0.3 is 15.4 Å². The smallest absolute Gasteiger partial charge is 0.222 e. The molecule has 1 aromatic heterocycles. The second kappa shape index (κ2) is 9.34. The Morgan fingerprint density at radius 3 is 2.79 bits per heavy atom. The van der Waals surface area contributed by atoms with Crippen molar-refractivity contribution in [3.63, 3.8) is 0 Å². The van der Waals surface area contributed by atoms with E-state index in [9.17, 15) is 14.0 Å². The summed E-state index contributed by atoms with van der Waals surface area (Å²) in [5.41, 5.74) is 6.47. The highest BCUT2D eigenvalue weighted by molar-refractivity contribution is 5.77. The Morgan fingerprint density at radius 2 is 2.11 bits per heavy atom. The first-order valence-electron chi connectivity index (χ1n) is 9.47. The van der Waals surface area contributed by atoms with Crippen LogP contribution in [0.5, 0.6) is 5.75 Å². The van der Waals surface area contributed by atoms with Crippen LogP contribution in [0.4, 0.5) is 4.39 Å². The lowest BCUT2D eigenvalue weighted by atomic mass is 9.90. The molecule has 2 atom stereocenters. The van der Waals surface area contributed by atoms with Gasteiger partial charge in [-0.25, -0.2) is 4.39 Å². The Labute approximate surface area is 163 Å². The number of nitrogens with zero attached hydrogens (tertiary/aromatic N) is 2. The molecule has 0 saturated carbocycles. The molecule has 28 heavy (non-hydrogen) atoms. The van der Waals surface area contributed by atoms with Crippen molar-refractivity contribution in [2.75, 3.05) is 13.1 Å². The number of amides is 2. The van der Waals surface area contributed by atoms with E-state index < -0.39 is 5.91 Å². The Kier molecular flexibility index (Phi) is 6.62. The zero-order valence-electron chi connectivity index (χ0n) is 15.6. The lowest BCUT2D eigenvalue weighted by Gasteiger charge is -2.38. The number of primary amides is 1. The van der Waals surface area contributed by atoms with Gasteiger partial charge in [-0.3, -0.25) is 14.7 Å². The van der Waals surface area contributed by atoms with Gasteiger partial charge in [0.2, 0.25) is 11.8 Å². The number of hydrogen-bond donors (Lipinski definition) is 2. The van der Waals surface area contributed by atoms with Gasteiger partial charge in [-0.2, -0.15) is 5.10 Å². The predicted molar refractivity (Wildman–Crippen MR) is 101 cm³/mol.